The number of halogens is 1. The second-order valence-electron chi connectivity index (χ2n) is 6.57. The van der Waals surface area contributed by atoms with Crippen LogP contribution < -0.4 is 11.1 Å². The fourth-order valence-electron chi connectivity index (χ4n) is 3.72. The van der Waals surface area contributed by atoms with Crippen molar-refractivity contribution in [2.24, 2.45) is 11.7 Å². The summed E-state index contributed by atoms with van der Waals surface area (Å²) in [5.74, 6) is 0.146. The third-order valence-corrected chi connectivity index (χ3v) is 4.93. The summed E-state index contributed by atoms with van der Waals surface area (Å²) < 4.78 is 2.40. The van der Waals surface area contributed by atoms with Gasteiger partial charge in [0, 0.05) is 46.7 Å². The van der Waals surface area contributed by atoms with Crippen LogP contribution in [0, 0.1) is 5.92 Å². The Kier molecular flexibility index (Phi) is 4.64. The van der Waals surface area contributed by atoms with E-state index in [1.807, 2.05) is 12.1 Å². The second-order valence-corrected chi connectivity index (χ2v) is 7.01. The highest BCUT2D eigenvalue weighted by molar-refractivity contribution is 6.31. The molecule has 0 bridgehead atoms. The van der Waals surface area contributed by atoms with Crippen LogP contribution in [0.5, 0.6) is 0 Å². The third-order valence-electron chi connectivity index (χ3n) is 4.69. The topological polar surface area (TPSA) is 60.0 Å². The zero-order valence-corrected chi connectivity index (χ0v) is 14.5. The van der Waals surface area contributed by atoms with E-state index in [0.717, 1.165) is 24.3 Å². The lowest BCUT2D eigenvalue weighted by Crippen LogP contribution is -2.36. The summed E-state index contributed by atoms with van der Waals surface area (Å²) in [7, 11) is 0. The molecule has 1 amide bonds. The minimum atomic E-state index is 0.0271. The average molecular weight is 334 g/mol. The molecule has 0 spiro atoms. The van der Waals surface area contributed by atoms with Crippen LogP contribution in [0.4, 0.5) is 0 Å². The smallest absolute Gasteiger partial charge is 0.223 e. The molecule has 124 valence electrons. The van der Waals surface area contributed by atoms with E-state index in [4.69, 9.17) is 17.3 Å². The van der Waals surface area contributed by atoms with Crippen LogP contribution in [0.15, 0.2) is 18.2 Å². The average Bonchev–Trinajstić information content (AvgIpc) is 2.85. The van der Waals surface area contributed by atoms with Gasteiger partial charge in [-0.15, -0.1) is 0 Å². The summed E-state index contributed by atoms with van der Waals surface area (Å²) in [5.41, 5.74) is 9.35. The fraction of sp³-hybridized carbons (Fsp3) is 0.500. The Hall–Kier alpha value is -1.52. The lowest BCUT2D eigenvalue weighted by molar-refractivity contribution is -0.125. The highest BCUT2D eigenvalue weighted by atomic mass is 35.5. The van der Waals surface area contributed by atoms with Gasteiger partial charge in [0.15, 0.2) is 0 Å². The van der Waals surface area contributed by atoms with Crippen LogP contribution in [0.2, 0.25) is 5.02 Å². The van der Waals surface area contributed by atoms with Crippen molar-refractivity contribution in [2.45, 2.75) is 39.2 Å². The van der Waals surface area contributed by atoms with Crippen LogP contribution in [0.3, 0.4) is 0 Å². The zero-order valence-electron chi connectivity index (χ0n) is 13.7. The molecule has 0 fully saturated rings. The van der Waals surface area contributed by atoms with Gasteiger partial charge < -0.3 is 15.6 Å². The molecule has 23 heavy (non-hydrogen) atoms. The molecular formula is C18H24ClN3O. The second kappa shape index (κ2) is 6.54. The van der Waals surface area contributed by atoms with Gasteiger partial charge in [0.1, 0.15) is 0 Å². The van der Waals surface area contributed by atoms with Crippen molar-refractivity contribution in [3.8, 4) is 0 Å². The predicted molar refractivity (Wildman–Crippen MR) is 94.9 cm³/mol. The molecule has 1 atom stereocenters. The number of amides is 1. The number of carbonyl (C=O) groups excluding carboxylic acids is 1. The number of nitrogens with zero attached hydrogens (tertiary/aromatic N) is 1. The first-order chi connectivity index (χ1) is 11.0. The van der Waals surface area contributed by atoms with E-state index in [9.17, 15) is 4.79 Å². The molecule has 2 aromatic rings. The maximum Gasteiger partial charge on any atom is 0.223 e. The minimum Gasteiger partial charge on any atom is -0.355 e. The standard InChI is InChI=1S/C18H24ClN3O/c1-11(2)22-16-5-3-12(18(23)21-8-7-20)9-14(16)15-10-13(19)4-6-17(15)22/h4,6,10-12H,3,5,7-9,20H2,1-2H3,(H,21,23). The van der Waals surface area contributed by atoms with Gasteiger partial charge in [0.05, 0.1) is 0 Å². The number of fused-ring (bicyclic) bond motifs is 3. The van der Waals surface area contributed by atoms with E-state index in [1.165, 1.54) is 22.2 Å². The molecule has 3 rings (SSSR count). The largest absolute Gasteiger partial charge is 0.355 e. The highest BCUT2D eigenvalue weighted by Crippen LogP contribution is 2.37. The summed E-state index contributed by atoms with van der Waals surface area (Å²) in [6, 6.07) is 6.47. The van der Waals surface area contributed by atoms with Crippen molar-refractivity contribution in [3.63, 3.8) is 0 Å². The van der Waals surface area contributed by atoms with Crippen molar-refractivity contribution in [3.05, 3.63) is 34.5 Å². The molecule has 0 saturated carbocycles. The quantitative estimate of drug-likeness (QED) is 0.903. The van der Waals surface area contributed by atoms with Crippen molar-refractivity contribution in [1.82, 2.24) is 9.88 Å². The maximum atomic E-state index is 12.3. The van der Waals surface area contributed by atoms with Crippen LogP contribution in [-0.2, 0) is 17.6 Å². The number of hydrogen-bond donors (Lipinski definition) is 2. The molecule has 1 heterocycles. The SMILES string of the molecule is CC(C)n1c2c(c3cc(Cl)ccc31)CC(C(=O)NCCN)CC2. The summed E-state index contributed by atoms with van der Waals surface area (Å²) in [5, 5.41) is 4.86. The molecule has 3 N–H and O–H groups in total. The number of aromatic nitrogens is 1. The lowest BCUT2D eigenvalue weighted by atomic mass is 9.85. The number of rotatable bonds is 4. The Balaban J connectivity index is 2.01. The molecule has 1 aromatic carbocycles. The number of benzene rings is 1. The van der Waals surface area contributed by atoms with E-state index in [-0.39, 0.29) is 11.8 Å². The lowest BCUT2D eigenvalue weighted by Gasteiger charge is -2.24. The molecule has 0 aliphatic heterocycles. The van der Waals surface area contributed by atoms with E-state index in [2.05, 4.69) is 29.8 Å². The fourth-order valence-corrected chi connectivity index (χ4v) is 3.89. The van der Waals surface area contributed by atoms with Gasteiger partial charge in [-0.05, 0) is 56.9 Å². The molecule has 5 heteroatoms. The van der Waals surface area contributed by atoms with Crippen LogP contribution in [-0.4, -0.2) is 23.6 Å². The van der Waals surface area contributed by atoms with Gasteiger partial charge in [0.2, 0.25) is 5.91 Å². The third kappa shape index (κ3) is 2.98. The molecule has 1 aromatic heterocycles. The molecule has 4 nitrogen and oxygen atoms in total. The summed E-state index contributed by atoms with van der Waals surface area (Å²) in [4.78, 5) is 12.3. The van der Waals surface area contributed by atoms with Crippen molar-refractivity contribution < 1.29 is 4.79 Å². The summed E-state index contributed by atoms with van der Waals surface area (Å²) in [6.45, 7) is 5.43. The van der Waals surface area contributed by atoms with Crippen molar-refractivity contribution in [2.75, 3.05) is 13.1 Å². The molecule has 1 aliphatic carbocycles. The first-order valence-corrected chi connectivity index (χ1v) is 8.69. The number of hydrogen-bond acceptors (Lipinski definition) is 2. The summed E-state index contributed by atoms with van der Waals surface area (Å²) in [6.07, 6.45) is 2.60. The number of nitrogens with one attached hydrogen (secondary N) is 1. The maximum absolute atomic E-state index is 12.3. The van der Waals surface area contributed by atoms with E-state index in [0.29, 0.717) is 19.1 Å². The Morgan fingerprint density at radius 2 is 2.26 bits per heavy atom. The van der Waals surface area contributed by atoms with Gasteiger partial charge in [-0.2, -0.15) is 0 Å². The monoisotopic (exact) mass is 333 g/mol. The predicted octanol–water partition coefficient (Wildman–Crippen LogP) is 3.06. The molecule has 1 aliphatic rings. The van der Waals surface area contributed by atoms with E-state index in [1.54, 1.807) is 0 Å². The number of nitrogens with two attached hydrogens (primary N) is 1. The molecule has 1 unspecified atom stereocenters. The van der Waals surface area contributed by atoms with Gasteiger partial charge in [-0.1, -0.05) is 11.6 Å². The van der Waals surface area contributed by atoms with Gasteiger partial charge in [0.25, 0.3) is 0 Å². The Bertz CT molecular complexity index is 735. The first-order valence-electron chi connectivity index (χ1n) is 8.32. The first kappa shape index (κ1) is 16.3. The molecular weight excluding hydrogens is 310 g/mol. The van der Waals surface area contributed by atoms with E-state index >= 15 is 0 Å². The Labute approximate surface area is 142 Å². The molecule has 0 saturated heterocycles. The van der Waals surface area contributed by atoms with Gasteiger partial charge >= 0.3 is 0 Å². The van der Waals surface area contributed by atoms with Crippen LogP contribution in [0.1, 0.15) is 37.6 Å². The summed E-state index contributed by atoms with van der Waals surface area (Å²) >= 11 is 6.22. The molecule has 0 radical (unpaired) electrons. The van der Waals surface area contributed by atoms with Gasteiger partial charge in [-0.3, -0.25) is 4.79 Å². The van der Waals surface area contributed by atoms with Crippen LogP contribution in [0.25, 0.3) is 10.9 Å². The Morgan fingerprint density at radius 1 is 1.48 bits per heavy atom. The number of carbonyl (C=O) groups is 1. The van der Waals surface area contributed by atoms with Crippen molar-refractivity contribution in [1.29, 1.82) is 0 Å². The van der Waals surface area contributed by atoms with Crippen LogP contribution >= 0.6 is 11.6 Å². The highest BCUT2D eigenvalue weighted by Gasteiger charge is 2.29. The minimum absolute atomic E-state index is 0.0271. The Morgan fingerprint density at radius 3 is 2.96 bits per heavy atom. The van der Waals surface area contributed by atoms with Crippen molar-refractivity contribution >= 4 is 28.4 Å². The normalized spacial score (nSPS) is 17.5. The van der Waals surface area contributed by atoms with E-state index < -0.39 is 0 Å². The zero-order chi connectivity index (χ0) is 16.6. The van der Waals surface area contributed by atoms with Gasteiger partial charge in [-0.25, -0.2) is 0 Å².